The van der Waals surface area contributed by atoms with Crippen LogP contribution in [0.25, 0.3) is 16.2 Å². The van der Waals surface area contributed by atoms with Crippen LogP contribution in [0.4, 0.5) is 0 Å². The van der Waals surface area contributed by atoms with Crippen LogP contribution in [0.1, 0.15) is 46.0 Å². The Morgan fingerprint density at radius 2 is 1.94 bits per heavy atom. The smallest absolute Gasteiger partial charge is 0.274 e. The summed E-state index contributed by atoms with van der Waals surface area (Å²) in [6.45, 7) is 4.62. The molecule has 1 amide bonds. The van der Waals surface area contributed by atoms with Gasteiger partial charge in [0.1, 0.15) is 10.8 Å². The first-order chi connectivity index (χ1) is 15.5. The molecular weight excluding hydrogens is 442 g/mol. The van der Waals surface area contributed by atoms with Gasteiger partial charge in [-0.2, -0.15) is 0 Å². The summed E-state index contributed by atoms with van der Waals surface area (Å²) in [7, 11) is 0. The third-order valence-corrected chi connectivity index (χ3v) is 7.33. The molecule has 3 aromatic heterocycles. The van der Waals surface area contributed by atoms with Gasteiger partial charge in [0.2, 0.25) is 5.78 Å². The van der Waals surface area contributed by atoms with Crippen molar-refractivity contribution in [3.05, 3.63) is 69.8 Å². The number of hydrogen-bond acceptors (Lipinski definition) is 5. The van der Waals surface area contributed by atoms with Gasteiger partial charge >= 0.3 is 0 Å². The average molecular weight is 466 g/mol. The van der Waals surface area contributed by atoms with Gasteiger partial charge in [-0.25, -0.2) is 15.0 Å². The highest BCUT2D eigenvalue weighted by Crippen LogP contribution is 2.32. The molecule has 8 heteroatoms. The molecule has 1 atom stereocenters. The molecule has 4 aromatic rings. The minimum Gasteiger partial charge on any atom is -0.334 e. The first kappa shape index (κ1) is 21.1. The number of fused-ring (bicyclic) bond motifs is 1. The number of benzene rings is 1. The van der Waals surface area contributed by atoms with Crippen LogP contribution in [0, 0.1) is 13.8 Å². The molecule has 0 radical (unpaired) electrons. The molecule has 164 valence electrons. The third kappa shape index (κ3) is 4.02. The summed E-state index contributed by atoms with van der Waals surface area (Å²) in [5.74, 6) is 0.601. The van der Waals surface area contributed by atoms with Gasteiger partial charge in [-0.1, -0.05) is 41.9 Å². The van der Waals surface area contributed by atoms with Crippen LogP contribution in [0.5, 0.6) is 0 Å². The number of thiazole rings is 1. The number of aryl methyl sites for hydroxylation is 2. The van der Waals surface area contributed by atoms with E-state index in [9.17, 15) is 4.79 Å². The summed E-state index contributed by atoms with van der Waals surface area (Å²) < 4.78 is 1.91. The molecule has 32 heavy (non-hydrogen) atoms. The number of hydrogen-bond donors (Lipinski definition) is 0. The third-order valence-electron chi connectivity index (χ3n) is 5.92. The van der Waals surface area contributed by atoms with Crippen LogP contribution < -0.4 is 0 Å². The maximum atomic E-state index is 13.7. The van der Waals surface area contributed by atoms with Gasteiger partial charge in [0, 0.05) is 37.0 Å². The lowest BCUT2D eigenvalue weighted by atomic mass is 9.97. The highest BCUT2D eigenvalue weighted by molar-refractivity contribution is 7.15. The van der Waals surface area contributed by atoms with E-state index >= 15 is 0 Å². The molecule has 1 fully saturated rings. The number of piperidine rings is 1. The Morgan fingerprint density at radius 3 is 2.75 bits per heavy atom. The maximum absolute atomic E-state index is 13.7. The summed E-state index contributed by atoms with van der Waals surface area (Å²) in [5.41, 5.74) is 3.42. The van der Waals surface area contributed by atoms with Crippen LogP contribution in [0.3, 0.4) is 0 Å². The molecule has 1 saturated heterocycles. The first-order valence-corrected chi connectivity index (χ1v) is 12.0. The van der Waals surface area contributed by atoms with E-state index in [0.29, 0.717) is 23.0 Å². The van der Waals surface area contributed by atoms with Gasteiger partial charge < -0.3 is 4.90 Å². The summed E-state index contributed by atoms with van der Waals surface area (Å²) in [4.78, 5) is 30.3. The highest BCUT2D eigenvalue weighted by Gasteiger charge is 2.31. The van der Waals surface area contributed by atoms with Crippen molar-refractivity contribution < 1.29 is 4.79 Å². The van der Waals surface area contributed by atoms with Crippen LogP contribution in [-0.4, -0.2) is 42.7 Å². The standard InChI is InChI=1S/C24H24ClN5OS/c1-15-13-29-14-18(27-24(29)28-22(15)25)12-19-10-6-7-11-30(19)23(31)20-21(32-16(2)26-20)17-8-4-3-5-9-17/h3-5,8-9,13-14,19H,6-7,10-12H2,1-2H3. The van der Waals surface area contributed by atoms with Crippen molar-refractivity contribution in [2.24, 2.45) is 0 Å². The quantitative estimate of drug-likeness (QED) is 0.380. The van der Waals surface area contributed by atoms with Gasteiger partial charge in [-0.3, -0.25) is 9.20 Å². The molecule has 1 unspecified atom stereocenters. The number of carbonyl (C=O) groups excluding carboxylic acids is 1. The number of aromatic nitrogens is 4. The number of imidazole rings is 1. The van der Waals surface area contributed by atoms with E-state index in [4.69, 9.17) is 11.6 Å². The van der Waals surface area contributed by atoms with Gasteiger partial charge in [0.15, 0.2) is 0 Å². The fourth-order valence-electron chi connectivity index (χ4n) is 4.36. The number of amides is 1. The van der Waals surface area contributed by atoms with Gasteiger partial charge in [-0.15, -0.1) is 11.3 Å². The van der Waals surface area contributed by atoms with Crippen molar-refractivity contribution in [1.29, 1.82) is 0 Å². The van der Waals surface area contributed by atoms with Crippen molar-refractivity contribution in [1.82, 2.24) is 24.3 Å². The molecule has 1 aromatic carbocycles. The molecule has 0 N–H and O–H groups in total. The van der Waals surface area contributed by atoms with E-state index in [2.05, 4.69) is 15.0 Å². The van der Waals surface area contributed by atoms with Crippen LogP contribution in [-0.2, 0) is 6.42 Å². The Hall–Kier alpha value is -2.77. The zero-order valence-electron chi connectivity index (χ0n) is 18.1. The Labute approximate surface area is 195 Å². The van der Waals surface area contributed by atoms with E-state index in [0.717, 1.165) is 52.5 Å². The highest BCUT2D eigenvalue weighted by atomic mass is 35.5. The number of nitrogens with zero attached hydrogens (tertiary/aromatic N) is 5. The number of halogens is 1. The minimum atomic E-state index is 0.0127. The van der Waals surface area contributed by atoms with Crippen molar-refractivity contribution in [2.75, 3.05) is 6.54 Å². The van der Waals surface area contributed by atoms with Crippen LogP contribution in [0.2, 0.25) is 5.15 Å². The van der Waals surface area contributed by atoms with Crippen molar-refractivity contribution in [2.45, 2.75) is 45.6 Å². The lowest BCUT2D eigenvalue weighted by molar-refractivity contribution is 0.0608. The molecular formula is C24H24ClN5OS. The van der Waals surface area contributed by atoms with E-state index in [1.54, 1.807) is 11.3 Å². The Balaban J connectivity index is 1.44. The first-order valence-electron chi connectivity index (χ1n) is 10.8. The summed E-state index contributed by atoms with van der Waals surface area (Å²) in [5, 5.41) is 1.37. The zero-order chi connectivity index (χ0) is 22.2. The largest absolute Gasteiger partial charge is 0.334 e. The summed E-state index contributed by atoms with van der Waals surface area (Å²) in [6, 6.07) is 10.1. The fourth-order valence-corrected chi connectivity index (χ4v) is 5.40. The van der Waals surface area contributed by atoms with Crippen molar-refractivity contribution in [3.8, 4) is 10.4 Å². The number of carbonyl (C=O) groups is 1. The summed E-state index contributed by atoms with van der Waals surface area (Å²) >= 11 is 7.74. The SMILES string of the molecule is Cc1nc(C(=O)N2CCCCC2Cc2cn3cc(C)c(Cl)nc3n2)c(-c2ccccc2)s1. The molecule has 0 saturated carbocycles. The molecule has 1 aliphatic rings. The zero-order valence-corrected chi connectivity index (χ0v) is 19.7. The normalized spacial score (nSPS) is 16.6. The molecule has 6 nitrogen and oxygen atoms in total. The monoisotopic (exact) mass is 465 g/mol. The maximum Gasteiger partial charge on any atom is 0.274 e. The average Bonchev–Trinajstić information content (AvgIpc) is 3.37. The van der Waals surface area contributed by atoms with E-state index in [1.165, 1.54) is 0 Å². The van der Waals surface area contributed by atoms with Crippen LogP contribution >= 0.6 is 22.9 Å². The van der Waals surface area contributed by atoms with Crippen LogP contribution in [0.15, 0.2) is 42.7 Å². The second kappa shape index (κ2) is 8.64. The Bertz CT molecular complexity index is 1240. The van der Waals surface area contributed by atoms with Crippen molar-refractivity contribution in [3.63, 3.8) is 0 Å². The summed E-state index contributed by atoms with van der Waals surface area (Å²) in [6.07, 6.45) is 7.69. The number of likely N-dealkylation sites (tertiary alicyclic amines) is 1. The molecule has 5 rings (SSSR count). The predicted molar refractivity (Wildman–Crippen MR) is 127 cm³/mol. The topological polar surface area (TPSA) is 63.4 Å². The molecule has 0 spiro atoms. The Kier molecular flexibility index (Phi) is 5.69. The fraction of sp³-hybridized carbons (Fsp3) is 0.333. The minimum absolute atomic E-state index is 0.0127. The van der Waals surface area contributed by atoms with E-state index in [-0.39, 0.29) is 11.9 Å². The van der Waals surface area contributed by atoms with Crippen molar-refractivity contribution >= 4 is 34.6 Å². The lowest BCUT2D eigenvalue weighted by Crippen LogP contribution is -2.45. The molecule has 4 heterocycles. The number of rotatable bonds is 4. The second-order valence-corrected chi connectivity index (χ2v) is 9.84. The van der Waals surface area contributed by atoms with Gasteiger partial charge in [0.05, 0.1) is 15.6 Å². The predicted octanol–water partition coefficient (Wildman–Crippen LogP) is 5.36. The molecule has 0 aliphatic carbocycles. The second-order valence-electron chi connectivity index (χ2n) is 8.28. The van der Waals surface area contributed by atoms with Gasteiger partial charge in [-0.05, 0) is 38.7 Å². The Morgan fingerprint density at radius 1 is 1.12 bits per heavy atom. The molecule has 1 aliphatic heterocycles. The van der Waals surface area contributed by atoms with E-state index < -0.39 is 0 Å². The van der Waals surface area contributed by atoms with E-state index in [1.807, 2.05) is 65.9 Å². The molecule has 0 bridgehead atoms. The lowest BCUT2D eigenvalue weighted by Gasteiger charge is -2.35. The van der Waals surface area contributed by atoms with Gasteiger partial charge in [0.25, 0.3) is 5.91 Å².